The highest BCUT2D eigenvalue weighted by atomic mass is 32.2. The highest BCUT2D eigenvalue weighted by Crippen LogP contribution is 2.30. The fraction of sp³-hybridized carbons (Fsp3) is 0.111. The molecular weight excluding hydrogens is 400 g/mol. The summed E-state index contributed by atoms with van der Waals surface area (Å²) in [5, 5.41) is 21.5. The number of thioether (sulfide) groups is 2. The largest absolute Gasteiger partial charge is 0.508 e. The van der Waals surface area contributed by atoms with Crippen LogP contribution in [0.25, 0.3) is 0 Å². The van der Waals surface area contributed by atoms with Crippen LogP contribution in [0.4, 0.5) is 0 Å². The Morgan fingerprint density at radius 3 is 2.67 bits per heavy atom. The number of benzene rings is 2. The highest BCUT2D eigenvalue weighted by Gasteiger charge is 2.08. The number of hydrogen-bond acceptors (Lipinski definition) is 8. The van der Waals surface area contributed by atoms with E-state index in [1.165, 1.54) is 34.9 Å². The number of carbonyl (C=O) groups excluding carboxylic acids is 1. The third-order valence-corrected chi connectivity index (χ3v) is 6.45. The Bertz CT molecular complexity index is 916. The molecule has 2 N–H and O–H groups in total. The summed E-state index contributed by atoms with van der Waals surface area (Å²) in [4.78, 5) is 11.8. The predicted molar refractivity (Wildman–Crippen MR) is 110 cm³/mol. The van der Waals surface area contributed by atoms with E-state index in [4.69, 9.17) is 0 Å². The summed E-state index contributed by atoms with van der Waals surface area (Å²) in [7, 11) is 0. The molecule has 1 heterocycles. The average Bonchev–Trinajstić information content (AvgIpc) is 3.14. The number of hydrogen-bond donors (Lipinski definition) is 2. The van der Waals surface area contributed by atoms with Crippen molar-refractivity contribution in [2.45, 2.75) is 14.4 Å². The number of phenolic OH excluding ortho intramolecular Hbond substituents is 1. The standard InChI is InChI=1S/C18H16N4O2S3/c23-15-8-4-7-14(9-15)10-19-20-16(24)12-26-18-22-21-17(27-18)25-11-13-5-2-1-3-6-13/h1-10,23H,11-12H2,(H,20,24)/b19-10+. The van der Waals surface area contributed by atoms with Crippen LogP contribution in [0.3, 0.4) is 0 Å². The van der Waals surface area contributed by atoms with Gasteiger partial charge in [-0.1, -0.05) is 77.3 Å². The summed E-state index contributed by atoms with van der Waals surface area (Å²) in [6, 6.07) is 16.8. The Balaban J connectivity index is 1.40. The normalized spacial score (nSPS) is 11.0. The molecule has 0 aliphatic carbocycles. The van der Waals surface area contributed by atoms with Gasteiger partial charge in [-0.25, -0.2) is 5.43 Å². The number of amides is 1. The van der Waals surface area contributed by atoms with Crippen molar-refractivity contribution < 1.29 is 9.90 Å². The van der Waals surface area contributed by atoms with Crippen molar-refractivity contribution in [3.05, 3.63) is 65.7 Å². The lowest BCUT2D eigenvalue weighted by Gasteiger charge is -1.98. The maximum Gasteiger partial charge on any atom is 0.250 e. The molecule has 0 atom stereocenters. The van der Waals surface area contributed by atoms with Crippen LogP contribution in [0.1, 0.15) is 11.1 Å². The monoisotopic (exact) mass is 416 g/mol. The molecule has 1 aromatic heterocycles. The van der Waals surface area contributed by atoms with Crippen LogP contribution in [0.2, 0.25) is 0 Å². The van der Waals surface area contributed by atoms with Gasteiger partial charge < -0.3 is 5.11 Å². The first-order valence-corrected chi connectivity index (χ1v) is 10.7. The molecule has 6 nitrogen and oxygen atoms in total. The molecule has 0 unspecified atom stereocenters. The van der Waals surface area contributed by atoms with Gasteiger partial charge in [0, 0.05) is 5.75 Å². The van der Waals surface area contributed by atoms with Gasteiger partial charge in [-0.05, 0) is 23.3 Å². The first-order valence-electron chi connectivity index (χ1n) is 7.93. The van der Waals surface area contributed by atoms with E-state index >= 15 is 0 Å². The lowest BCUT2D eigenvalue weighted by atomic mass is 10.2. The van der Waals surface area contributed by atoms with Crippen LogP contribution in [0.5, 0.6) is 5.75 Å². The van der Waals surface area contributed by atoms with Gasteiger partial charge in [-0.3, -0.25) is 4.79 Å². The fourth-order valence-electron chi connectivity index (χ4n) is 1.98. The van der Waals surface area contributed by atoms with E-state index in [-0.39, 0.29) is 17.4 Å². The van der Waals surface area contributed by atoms with E-state index < -0.39 is 0 Å². The zero-order valence-electron chi connectivity index (χ0n) is 14.1. The minimum absolute atomic E-state index is 0.151. The second kappa shape index (κ2) is 10.1. The SMILES string of the molecule is O=C(CSc1nnc(SCc2ccccc2)s1)N/N=C/c1cccc(O)c1. The fourth-order valence-corrected chi connectivity index (χ4v) is 4.74. The molecule has 3 rings (SSSR count). The number of nitrogens with one attached hydrogen (secondary N) is 1. The lowest BCUT2D eigenvalue weighted by Crippen LogP contribution is -2.19. The molecule has 0 saturated heterocycles. The molecule has 27 heavy (non-hydrogen) atoms. The quantitative estimate of drug-likeness (QED) is 0.330. The molecule has 0 aliphatic heterocycles. The van der Waals surface area contributed by atoms with Crippen LogP contribution in [0, 0.1) is 0 Å². The van der Waals surface area contributed by atoms with E-state index in [0.717, 1.165) is 14.4 Å². The zero-order chi connectivity index (χ0) is 18.9. The maximum absolute atomic E-state index is 11.8. The first-order chi connectivity index (χ1) is 13.2. The number of aromatic hydroxyl groups is 1. The molecule has 3 aromatic rings. The van der Waals surface area contributed by atoms with Crippen LogP contribution in [-0.4, -0.2) is 33.2 Å². The smallest absolute Gasteiger partial charge is 0.250 e. The number of aromatic nitrogens is 2. The van der Waals surface area contributed by atoms with Crippen molar-refractivity contribution in [2.24, 2.45) is 5.10 Å². The summed E-state index contributed by atoms with van der Waals surface area (Å²) < 4.78 is 1.63. The Morgan fingerprint density at radius 2 is 1.89 bits per heavy atom. The van der Waals surface area contributed by atoms with Gasteiger partial charge in [0.15, 0.2) is 8.68 Å². The Hall–Kier alpha value is -2.36. The minimum atomic E-state index is -0.231. The van der Waals surface area contributed by atoms with Gasteiger partial charge in [-0.15, -0.1) is 10.2 Å². The van der Waals surface area contributed by atoms with E-state index in [1.54, 1.807) is 36.0 Å². The van der Waals surface area contributed by atoms with E-state index in [0.29, 0.717) is 5.56 Å². The Labute approximate surface area is 169 Å². The number of rotatable bonds is 8. The van der Waals surface area contributed by atoms with Gasteiger partial charge in [0.2, 0.25) is 0 Å². The molecule has 0 bridgehead atoms. The van der Waals surface area contributed by atoms with Gasteiger partial charge in [-0.2, -0.15) is 5.10 Å². The molecule has 0 fully saturated rings. The third-order valence-electron chi connectivity index (χ3n) is 3.19. The zero-order valence-corrected chi connectivity index (χ0v) is 16.6. The summed E-state index contributed by atoms with van der Waals surface area (Å²) in [6.45, 7) is 0. The van der Waals surface area contributed by atoms with Crippen molar-refractivity contribution in [1.82, 2.24) is 15.6 Å². The number of hydrazone groups is 1. The van der Waals surface area contributed by atoms with E-state index in [9.17, 15) is 9.90 Å². The van der Waals surface area contributed by atoms with Crippen LogP contribution < -0.4 is 5.43 Å². The molecule has 0 aliphatic rings. The Kier molecular flexibility index (Phi) is 7.26. The molecular formula is C18H16N4O2S3. The van der Waals surface area contributed by atoms with Crippen LogP contribution in [0.15, 0.2) is 68.4 Å². The predicted octanol–water partition coefficient (Wildman–Crippen LogP) is 3.78. The maximum atomic E-state index is 11.8. The van der Waals surface area contributed by atoms with Gasteiger partial charge in [0.05, 0.1) is 12.0 Å². The van der Waals surface area contributed by atoms with Crippen molar-refractivity contribution in [3.63, 3.8) is 0 Å². The molecule has 9 heteroatoms. The molecule has 0 radical (unpaired) electrons. The van der Waals surface area contributed by atoms with Crippen molar-refractivity contribution in [2.75, 3.05) is 5.75 Å². The minimum Gasteiger partial charge on any atom is -0.508 e. The molecule has 2 aromatic carbocycles. The summed E-state index contributed by atoms with van der Waals surface area (Å²) in [5.74, 6) is 0.961. The van der Waals surface area contributed by atoms with Gasteiger partial charge in [0.25, 0.3) is 5.91 Å². The van der Waals surface area contributed by atoms with E-state index in [2.05, 4.69) is 32.9 Å². The van der Waals surface area contributed by atoms with E-state index in [1.807, 2.05) is 18.2 Å². The highest BCUT2D eigenvalue weighted by molar-refractivity contribution is 8.03. The second-order valence-electron chi connectivity index (χ2n) is 5.28. The average molecular weight is 417 g/mol. The first kappa shape index (κ1) is 19.4. The topological polar surface area (TPSA) is 87.5 Å². The molecule has 0 saturated carbocycles. The van der Waals surface area contributed by atoms with Crippen molar-refractivity contribution in [3.8, 4) is 5.75 Å². The van der Waals surface area contributed by atoms with Crippen LogP contribution >= 0.6 is 34.9 Å². The van der Waals surface area contributed by atoms with Crippen LogP contribution in [-0.2, 0) is 10.5 Å². The molecule has 1 amide bonds. The van der Waals surface area contributed by atoms with Gasteiger partial charge in [0.1, 0.15) is 5.75 Å². The van der Waals surface area contributed by atoms with Crippen molar-refractivity contribution in [1.29, 1.82) is 0 Å². The summed E-state index contributed by atoms with van der Waals surface area (Å²) in [5.41, 5.74) is 4.39. The number of nitrogens with zero attached hydrogens (tertiary/aromatic N) is 3. The molecule has 0 spiro atoms. The second-order valence-corrected chi connectivity index (χ2v) is 8.71. The van der Waals surface area contributed by atoms with Gasteiger partial charge >= 0.3 is 0 Å². The number of phenols is 1. The number of carbonyl (C=O) groups is 1. The Morgan fingerprint density at radius 1 is 1.11 bits per heavy atom. The molecule has 138 valence electrons. The van der Waals surface area contributed by atoms with Crippen molar-refractivity contribution >= 4 is 47.0 Å². The lowest BCUT2D eigenvalue weighted by molar-refractivity contribution is -0.118. The summed E-state index contributed by atoms with van der Waals surface area (Å²) in [6.07, 6.45) is 1.48. The third kappa shape index (κ3) is 6.70. The summed E-state index contributed by atoms with van der Waals surface area (Å²) >= 11 is 4.43.